The van der Waals surface area contributed by atoms with E-state index in [1.54, 1.807) is 6.21 Å². The van der Waals surface area contributed by atoms with Gasteiger partial charge in [0.1, 0.15) is 0 Å². The van der Waals surface area contributed by atoms with Crippen LogP contribution in [0.25, 0.3) is 0 Å². The first kappa shape index (κ1) is 19.2. The Balaban J connectivity index is 2.21. The van der Waals surface area contributed by atoms with Gasteiger partial charge in [-0.25, -0.2) is 0 Å². The molecule has 4 nitrogen and oxygen atoms in total. The number of benzene rings is 1. The topological polar surface area (TPSA) is 67.5 Å². The molecule has 1 aromatic carbocycles. The number of unbranched alkanes of at least 4 members (excludes halogenated alkanes) is 2. The van der Waals surface area contributed by atoms with Crippen LogP contribution in [-0.4, -0.2) is 18.2 Å². The SMILES string of the molecule is CCCCC(CC)NC(=O)CCCCc1ccc(C=NN)cc1. The van der Waals surface area contributed by atoms with Gasteiger partial charge in [0.15, 0.2) is 0 Å². The van der Waals surface area contributed by atoms with Gasteiger partial charge in [-0.3, -0.25) is 4.79 Å². The summed E-state index contributed by atoms with van der Waals surface area (Å²) in [5, 5.41) is 6.67. The number of rotatable bonds is 11. The molecule has 0 fully saturated rings. The Morgan fingerprint density at radius 2 is 1.96 bits per heavy atom. The molecule has 0 radical (unpaired) electrons. The molecule has 0 aliphatic rings. The number of nitrogens with zero attached hydrogens (tertiary/aromatic N) is 1. The van der Waals surface area contributed by atoms with Crippen molar-refractivity contribution in [2.45, 2.75) is 71.3 Å². The standard InChI is InChI=1S/C19H31N3O/c1-3-5-9-18(4-2)22-19(23)10-7-6-8-16-11-13-17(14-12-16)15-21-20/h11-15,18H,3-10,20H2,1-2H3,(H,22,23). The molecule has 0 saturated carbocycles. The van der Waals surface area contributed by atoms with Gasteiger partial charge in [0.2, 0.25) is 5.91 Å². The van der Waals surface area contributed by atoms with Gasteiger partial charge in [0.05, 0.1) is 6.21 Å². The minimum Gasteiger partial charge on any atom is -0.353 e. The third kappa shape index (κ3) is 8.38. The molecule has 0 aliphatic heterocycles. The van der Waals surface area contributed by atoms with Gasteiger partial charge in [-0.15, -0.1) is 0 Å². The largest absolute Gasteiger partial charge is 0.353 e. The van der Waals surface area contributed by atoms with Gasteiger partial charge < -0.3 is 11.2 Å². The maximum atomic E-state index is 12.0. The summed E-state index contributed by atoms with van der Waals surface area (Å²) in [4.78, 5) is 12.0. The Kier molecular flexibility index (Phi) is 9.76. The van der Waals surface area contributed by atoms with E-state index in [-0.39, 0.29) is 5.91 Å². The van der Waals surface area contributed by atoms with Crippen molar-refractivity contribution in [3.8, 4) is 0 Å². The zero-order valence-electron chi connectivity index (χ0n) is 14.6. The lowest BCUT2D eigenvalue weighted by atomic mass is 10.0. The molecule has 0 bridgehead atoms. The van der Waals surface area contributed by atoms with Crippen LogP contribution in [0.15, 0.2) is 29.4 Å². The lowest BCUT2D eigenvalue weighted by molar-refractivity contribution is -0.122. The maximum Gasteiger partial charge on any atom is 0.220 e. The zero-order valence-corrected chi connectivity index (χ0v) is 14.6. The molecule has 1 unspecified atom stereocenters. The molecule has 0 spiro atoms. The Bertz CT molecular complexity index is 468. The number of hydrogen-bond donors (Lipinski definition) is 2. The summed E-state index contributed by atoms with van der Waals surface area (Å²) in [6, 6.07) is 8.55. The van der Waals surface area contributed by atoms with Crippen LogP contribution in [0, 0.1) is 0 Å². The third-order valence-corrected chi connectivity index (χ3v) is 4.09. The molecule has 4 heteroatoms. The summed E-state index contributed by atoms with van der Waals surface area (Å²) in [5.41, 5.74) is 2.29. The lowest BCUT2D eigenvalue weighted by Crippen LogP contribution is -2.34. The van der Waals surface area contributed by atoms with Gasteiger partial charge in [0.25, 0.3) is 0 Å². The van der Waals surface area contributed by atoms with Crippen molar-refractivity contribution < 1.29 is 4.79 Å². The van der Waals surface area contributed by atoms with E-state index in [0.717, 1.165) is 37.7 Å². The number of nitrogens with two attached hydrogens (primary N) is 1. The summed E-state index contributed by atoms with van der Waals surface area (Å²) in [7, 11) is 0. The Morgan fingerprint density at radius 3 is 2.57 bits per heavy atom. The van der Waals surface area contributed by atoms with Crippen LogP contribution < -0.4 is 11.2 Å². The number of hydrazone groups is 1. The molecule has 128 valence electrons. The summed E-state index contributed by atoms with van der Waals surface area (Å²) in [6.07, 6.45) is 9.70. The van der Waals surface area contributed by atoms with Crippen molar-refractivity contribution in [3.05, 3.63) is 35.4 Å². The van der Waals surface area contributed by atoms with E-state index in [1.165, 1.54) is 18.4 Å². The fraction of sp³-hybridized carbons (Fsp3) is 0.579. The van der Waals surface area contributed by atoms with Crippen LogP contribution in [0.1, 0.15) is 69.9 Å². The monoisotopic (exact) mass is 317 g/mol. The molecule has 1 amide bonds. The van der Waals surface area contributed by atoms with E-state index in [1.807, 2.05) is 12.1 Å². The molecule has 0 saturated heterocycles. The first-order valence-corrected chi connectivity index (χ1v) is 8.81. The highest BCUT2D eigenvalue weighted by Gasteiger charge is 2.09. The summed E-state index contributed by atoms with van der Waals surface area (Å²) < 4.78 is 0. The molecule has 0 aliphatic carbocycles. The van der Waals surface area contributed by atoms with Crippen LogP contribution in [0.5, 0.6) is 0 Å². The van der Waals surface area contributed by atoms with Gasteiger partial charge in [-0.1, -0.05) is 51.0 Å². The third-order valence-electron chi connectivity index (χ3n) is 4.09. The van der Waals surface area contributed by atoms with Gasteiger partial charge in [-0.2, -0.15) is 5.10 Å². The molecular formula is C19H31N3O. The highest BCUT2D eigenvalue weighted by molar-refractivity contribution is 5.79. The van der Waals surface area contributed by atoms with E-state index in [2.05, 4.69) is 36.4 Å². The van der Waals surface area contributed by atoms with E-state index >= 15 is 0 Å². The molecule has 1 aromatic rings. The van der Waals surface area contributed by atoms with Crippen molar-refractivity contribution in [2.75, 3.05) is 0 Å². The van der Waals surface area contributed by atoms with Crippen molar-refractivity contribution >= 4 is 12.1 Å². The highest BCUT2D eigenvalue weighted by atomic mass is 16.1. The van der Waals surface area contributed by atoms with Crippen LogP contribution in [0.4, 0.5) is 0 Å². The molecule has 3 N–H and O–H groups in total. The van der Waals surface area contributed by atoms with E-state index in [4.69, 9.17) is 5.84 Å². The number of carbonyl (C=O) groups is 1. The highest BCUT2D eigenvalue weighted by Crippen LogP contribution is 2.09. The summed E-state index contributed by atoms with van der Waals surface area (Å²) >= 11 is 0. The van der Waals surface area contributed by atoms with Crippen LogP contribution in [0.3, 0.4) is 0 Å². The molecular weight excluding hydrogens is 286 g/mol. The number of amides is 1. The van der Waals surface area contributed by atoms with E-state index in [0.29, 0.717) is 12.5 Å². The van der Waals surface area contributed by atoms with Crippen molar-refractivity contribution in [1.82, 2.24) is 5.32 Å². The molecule has 23 heavy (non-hydrogen) atoms. The van der Waals surface area contributed by atoms with Crippen LogP contribution in [0.2, 0.25) is 0 Å². The number of hydrogen-bond acceptors (Lipinski definition) is 3. The summed E-state index contributed by atoms with van der Waals surface area (Å²) in [5.74, 6) is 5.32. The molecule has 1 atom stereocenters. The Labute approximate surface area is 140 Å². The summed E-state index contributed by atoms with van der Waals surface area (Å²) in [6.45, 7) is 4.32. The second kappa shape index (κ2) is 11.7. The second-order valence-corrected chi connectivity index (χ2v) is 6.04. The molecule has 0 aromatic heterocycles. The average Bonchev–Trinajstić information content (AvgIpc) is 2.57. The molecule has 0 heterocycles. The quantitative estimate of drug-likeness (QED) is 0.282. The van der Waals surface area contributed by atoms with Crippen molar-refractivity contribution in [2.24, 2.45) is 10.9 Å². The Morgan fingerprint density at radius 1 is 1.22 bits per heavy atom. The second-order valence-electron chi connectivity index (χ2n) is 6.04. The minimum atomic E-state index is 0.197. The number of carbonyl (C=O) groups excluding carboxylic acids is 1. The lowest BCUT2D eigenvalue weighted by Gasteiger charge is -2.16. The average molecular weight is 317 g/mol. The van der Waals surface area contributed by atoms with Gasteiger partial charge in [0, 0.05) is 12.5 Å². The predicted molar refractivity (Wildman–Crippen MR) is 97.5 cm³/mol. The van der Waals surface area contributed by atoms with Crippen LogP contribution >= 0.6 is 0 Å². The Hall–Kier alpha value is -1.84. The van der Waals surface area contributed by atoms with Crippen molar-refractivity contribution in [1.29, 1.82) is 0 Å². The number of nitrogens with one attached hydrogen (secondary N) is 1. The van der Waals surface area contributed by atoms with Gasteiger partial charge >= 0.3 is 0 Å². The smallest absolute Gasteiger partial charge is 0.220 e. The van der Waals surface area contributed by atoms with E-state index < -0.39 is 0 Å². The van der Waals surface area contributed by atoms with E-state index in [9.17, 15) is 4.79 Å². The zero-order chi connectivity index (χ0) is 16.9. The first-order valence-electron chi connectivity index (χ1n) is 8.81. The van der Waals surface area contributed by atoms with Crippen molar-refractivity contribution in [3.63, 3.8) is 0 Å². The number of aryl methyl sites for hydroxylation is 1. The fourth-order valence-electron chi connectivity index (χ4n) is 2.60. The maximum absolute atomic E-state index is 12.0. The minimum absolute atomic E-state index is 0.197. The normalized spacial score (nSPS) is 12.4. The first-order chi connectivity index (χ1) is 11.2. The van der Waals surface area contributed by atoms with Crippen LogP contribution in [-0.2, 0) is 11.2 Å². The predicted octanol–water partition coefficient (Wildman–Crippen LogP) is 3.78. The molecule has 1 rings (SSSR count). The van der Waals surface area contributed by atoms with Gasteiger partial charge in [-0.05, 0) is 43.2 Å². The fourth-order valence-corrected chi connectivity index (χ4v) is 2.60.